The molecular weight excluding hydrogens is 344 g/mol. The highest BCUT2D eigenvalue weighted by atomic mass is 16.5. The smallest absolute Gasteiger partial charge is 0.222 e. The van der Waals surface area contributed by atoms with Crippen molar-refractivity contribution in [2.24, 2.45) is 0 Å². The van der Waals surface area contributed by atoms with Crippen LogP contribution in [0.4, 0.5) is 5.95 Å². The standard InChI is InChI=1S/C19H28N6O2/c1-2-25-18-5-6-24(12-16(18)17(13-26)23-25)11-14-8-20-19(21-9-14)22-10-15-4-3-7-27-15/h8-9,15,26H,2-7,10-13H2,1H3,(H,20,21,22). The van der Waals surface area contributed by atoms with Crippen molar-refractivity contribution in [3.05, 3.63) is 34.9 Å². The second-order valence-corrected chi connectivity index (χ2v) is 7.24. The summed E-state index contributed by atoms with van der Waals surface area (Å²) >= 11 is 0. The lowest BCUT2D eigenvalue weighted by molar-refractivity contribution is 0.120. The summed E-state index contributed by atoms with van der Waals surface area (Å²) in [5.74, 6) is 0.655. The molecule has 2 aliphatic heterocycles. The molecule has 0 aromatic carbocycles. The van der Waals surface area contributed by atoms with Gasteiger partial charge in [-0.05, 0) is 19.8 Å². The average molecular weight is 372 g/mol. The maximum absolute atomic E-state index is 9.61. The zero-order chi connectivity index (χ0) is 18.6. The van der Waals surface area contributed by atoms with Gasteiger partial charge < -0.3 is 15.2 Å². The predicted octanol–water partition coefficient (Wildman–Crippen LogP) is 1.33. The molecule has 8 heteroatoms. The second-order valence-electron chi connectivity index (χ2n) is 7.24. The molecule has 0 radical (unpaired) electrons. The number of ether oxygens (including phenoxy) is 1. The number of hydrogen-bond acceptors (Lipinski definition) is 7. The summed E-state index contributed by atoms with van der Waals surface area (Å²) in [5.41, 5.74) is 4.35. The topological polar surface area (TPSA) is 88.3 Å². The predicted molar refractivity (Wildman–Crippen MR) is 101 cm³/mol. The first-order valence-electron chi connectivity index (χ1n) is 9.84. The third kappa shape index (κ3) is 4.12. The van der Waals surface area contributed by atoms with Crippen LogP contribution in [0.3, 0.4) is 0 Å². The highest BCUT2D eigenvalue weighted by Crippen LogP contribution is 2.24. The molecule has 0 aliphatic carbocycles. The van der Waals surface area contributed by atoms with Crippen LogP contribution in [0.5, 0.6) is 0 Å². The zero-order valence-electron chi connectivity index (χ0n) is 15.9. The van der Waals surface area contributed by atoms with E-state index in [1.807, 2.05) is 17.1 Å². The van der Waals surface area contributed by atoms with E-state index in [0.29, 0.717) is 5.95 Å². The van der Waals surface area contributed by atoms with Gasteiger partial charge in [-0.3, -0.25) is 9.58 Å². The first-order chi connectivity index (χ1) is 13.3. The molecule has 0 spiro atoms. The van der Waals surface area contributed by atoms with Gasteiger partial charge in [-0.2, -0.15) is 5.10 Å². The van der Waals surface area contributed by atoms with E-state index in [9.17, 15) is 5.11 Å². The number of aromatic nitrogens is 4. The van der Waals surface area contributed by atoms with Crippen LogP contribution in [-0.4, -0.2) is 55.6 Å². The van der Waals surface area contributed by atoms with Crippen LogP contribution in [-0.2, 0) is 37.4 Å². The van der Waals surface area contributed by atoms with Crippen LogP contribution in [0.15, 0.2) is 12.4 Å². The summed E-state index contributed by atoms with van der Waals surface area (Å²) in [5, 5.41) is 17.4. The Labute approximate surface area is 159 Å². The van der Waals surface area contributed by atoms with Gasteiger partial charge in [-0.25, -0.2) is 9.97 Å². The van der Waals surface area contributed by atoms with E-state index in [1.165, 1.54) is 11.3 Å². The van der Waals surface area contributed by atoms with Crippen LogP contribution in [0.25, 0.3) is 0 Å². The molecule has 0 amide bonds. The van der Waals surface area contributed by atoms with Crippen molar-refractivity contribution in [2.45, 2.75) is 58.5 Å². The van der Waals surface area contributed by atoms with E-state index in [1.54, 1.807) is 0 Å². The number of aliphatic hydroxyl groups is 1. The molecule has 27 heavy (non-hydrogen) atoms. The van der Waals surface area contributed by atoms with Gasteiger partial charge in [0.25, 0.3) is 0 Å². The number of aliphatic hydroxyl groups excluding tert-OH is 1. The zero-order valence-corrected chi connectivity index (χ0v) is 15.9. The number of aryl methyl sites for hydroxylation is 1. The molecule has 0 saturated carbocycles. The molecule has 146 valence electrons. The molecule has 1 saturated heterocycles. The summed E-state index contributed by atoms with van der Waals surface area (Å²) in [7, 11) is 0. The molecule has 2 aromatic heterocycles. The van der Waals surface area contributed by atoms with E-state index in [4.69, 9.17) is 4.74 Å². The maximum Gasteiger partial charge on any atom is 0.222 e. The molecule has 4 heterocycles. The molecular formula is C19H28N6O2. The quantitative estimate of drug-likeness (QED) is 0.758. The van der Waals surface area contributed by atoms with Gasteiger partial charge in [-0.15, -0.1) is 0 Å². The largest absolute Gasteiger partial charge is 0.390 e. The van der Waals surface area contributed by atoms with E-state index >= 15 is 0 Å². The molecule has 0 bridgehead atoms. The van der Waals surface area contributed by atoms with Gasteiger partial charge in [-0.1, -0.05) is 0 Å². The van der Waals surface area contributed by atoms with Gasteiger partial charge in [0.2, 0.25) is 5.95 Å². The minimum atomic E-state index is -0.00262. The average Bonchev–Trinajstić information content (AvgIpc) is 3.34. The van der Waals surface area contributed by atoms with Crippen LogP contribution in [0.1, 0.15) is 42.3 Å². The maximum atomic E-state index is 9.61. The molecule has 1 unspecified atom stereocenters. The Balaban J connectivity index is 1.35. The summed E-state index contributed by atoms with van der Waals surface area (Å²) in [4.78, 5) is 11.2. The number of hydrogen-bond donors (Lipinski definition) is 2. The molecule has 4 rings (SSSR count). The van der Waals surface area contributed by atoms with Gasteiger partial charge in [0.05, 0.1) is 18.4 Å². The van der Waals surface area contributed by atoms with E-state index in [2.05, 4.69) is 32.2 Å². The summed E-state index contributed by atoms with van der Waals surface area (Å²) < 4.78 is 7.63. The summed E-state index contributed by atoms with van der Waals surface area (Å²) in [6.45, 7) is 7.14. The fourth-order valence-corrected chi connectivity index (χ4v) is 3.94. The highest BCUT2D eigenvalue weighted by molar-refractivity contribution is 5.29. The molecule has 2 aliphatic rings. The Kier molecular flexibility index (Phi) is 5.66. The van der Waals surface area contributed by atoms with Crippen molar-refractivity contribution in [2.75, 3.05) is 25.0 Å². The van der Waals surface area contributed by atoms with Gasteiger partial charge in [0.15, 0.2) is 0 Å². The third-order valence-corrected chi connectivity index (χ3v) is 5.37. The van der Waals surface area contributed by atoms with E-state index in [0.717, 1.165) is 69.9 Å². The number of anilines is 1. The fraction of sp³-hybridized carbons (Fsp3) is 0.632. The SMILES string of the molecule is CCn1nc(CO)c2c1CCN(Cc1cnc(NCC3CCCO3)nc1)C2. The lowest BCUT2D eigenvalue weighted by atomic mass is 10.0. The van der Waals surface area contributed by atoms with Crippen LogP contribution < -0.4 is 5.32 Å². The van der Waals surface area contributed by atoms with Crippen molar-refractivity contribution in [1.82, 2.24) is 24.6 Å². The Hall–Kier alpha value is -2.03. The Morgan fingerprint density at radius 3 is 2.89 bits per heavy atom. The lowest BCUT2D eigenvalue weighted by Gasteiger charge is -2.27. The van der Waals surface area contributed by atoms with E-state index in [-0.39, 0.29) is 12.7 Å². The Bertz CT molecular complexity index is 754. The van der Waals surface area contributed by atoms with Gasteiger partial charge in [0.1, 0.15) is 0 Å². The van der Waals surface area contributed by atoms with Crippen molar-refractivity contribution in [3.63, 3.8) is 0 Å². The van der Waals surface area contributed by atoms with E-state index < -0.39 is 0 Å². The van der Waals surface area contributed by atoms with Crippen molar-refractivity contribution in [3.8, 4) is 0 Å². The number of nitrogens with zero attached hydrogens (tertiary/aromatic N) is 5. The van der Waals surface area contributed by atoms with Crippen molar-refractivity contribution >= 4 is 5.95 Å². The monoisotopic (exact) mass is 372 g/mol. The molecule has 1 fully saturated rings. The van der Waals surface area contributed by atoms with Crippen LogP contribution in [0, 0.1) is 0 Å². The summed E-state index contributed by atoms with van der Waals surface area (Å²) in [6, 6.07) is 0. The number of nitrogens with one attached hydrogen (secondary N) is 1. The normalized spacial score (nSPS) is 20.0. The Morgan fingerprint density at radius 2 is 2.19 bits per heavy atom. The fourth-order valence-electron chi connectivity index (χ4n) is 3.94. The first kappa shape index (κ1) is 18.3. The molecule has 2 N–H and O–H groups in total. The Morgan fingerprint density at radius 1 is 1.33 bits per heavy atom. The highest BCUT2D eigenvalue weighted by Gasteiger charge is 2.24. The minimum Gasteiger partial charge on any atom is -0.390 e. The van der Waals surface area contributed by atoms with Crippen molar-refractivity contribution < 1.29 is 9.84 Å². The summed E-state index contributed by atoms with van der Waals surface area (Å²) in [6.07, 6.45) is 7.26. The molecule has 8 nitrogen and oxygen atoms in total. The number of rotatable bonds is 7. The van der Waals surface area contributed by atoms with Crippen molar-refractivity contribution in [1.29, 1.82) is 0 Å². The van der Waals surface area contributed by atoms with Crippen LogP contribution in [0.2, 0.25) is 0 Å². The van der Waals surface area contributed by atoms with Gasteiger partial charge >= 0.3 is 0 Å². The molecule has 1 atom stereocenters. The number of fused-ring (bicyclic) bond motifs is 1. The molecule has 2 aromatic rings. The first-order valence-corrected chi connectivity index (χ1v) is 9.84. The third-order valence-electron chi connectivity index (χ3n) is 5.37. The second kappa shape index (κ2) is 8.33. The van der Waals surface area contributed by atoms with Gasteiger partial charge in [0, 0.05) is 75.0 Å². The minimum absolute atomic E-state index is 0.00262. The van der Waals surface area contributed by atoms with Crippen LogP contribution >= 0.6 is 0 Å². The lowest BCUT2D eigenvalue weighted by Crippen LogP contribution is -2.31.